The highest BCUT2D eigenvalue weighted by molar-refractivity contribution is 8.00. The summed E-state index contributed by atoms with van der Waals surface area (Å²) in [5.41, 5.74) is 1.85. The third-order valence-corrected chi connectivity index (χ3v) is 6.73. The smallest absolute Gasteiger partial charge is 0.293 e. The summed E-state index contributed by atoms with van der Waals surface area (Å²) in [6.07, 6.45) is 2.30. The Kier molecular flexibility index (Phi) is 4.20. The Balaban J connectivity index is 1.56. The van der Waals surface area contributed by atoms with E-state index in [1.165, 1.54) is 6.42 Å². The summed E-state index contributed by atoms with van der Waals surface area (Å²) in [4.78, 5) is 19.9. The molecule has 136 valence electrons. The summed E-state index contributed by atoms with van der Waals surface area (Å²) < 4.78 is 1.78. The first-order chi connectivity index (χ1) is 13.3. The number of amides is 1. The number of nitrogens with zero attached hydrogens (tertiary/aromatic N) is 4. The van der Waals surface area contributed by atoms with Crippen molar-refractivity contribution >= 4 is 17.7 Å². The van der Waals surface area contributed by atoms with Crippen LogP contribution < -0.4 is 0 Å². The van der Waals surface area contributed by atoms with E-state index in [0.29, 0.717) is 17.1 Å². The molecule has 3 aromatic rings. The standard InChI is InChI=1S/C21H20N4OS/c26-21(24-13-14-27-18-12-11-17(18)24)19-22-20(15-7-3-1-4-8-15)25(23-19)16-9-5-2-6-10-16/h1-10,17-18H,11-14H2. The first kappa shape index (κ1) is 16.6. The van der Waals surface area contributed by atoms with Gasteiger partial charge in [0, 0.05) is 29.2 Å². The number of benzene rings is 2. The summed E-state index contributed by atoms with van der Waals surface area (Å²) in [5, 5.41) is 5.21. The summed E-state index contributed by atoms with van der Waals surface area (Å²) in [6.45, 7) is 0.783. The van der Waals surface area contributed by atoms with Gasteiger partial charge in [0.05, 0.1) is 5.69 Å². The van der Waals surface area contributed by atoms with Gasteiger partial charge in [-0.15, -0.1) is 5.10 Å². The average molecular weight is 376 g/mol. The van der Waals surface area contributed by atoms with Crippen LogP contribution in [0.4, 0.5) is 0 Å². The van der Waals surface area contributed by atoms with Crippen LogP contribution in [0.15, 0.2) is 60.7 Å². The van der Waals surface area contributed by atoms with Gasteiger partial charge < -0.3 is 4.90 Å². The molecule has 0 bridgehead atoms. The van der Waals surface area contributed by atoms with Crippen molar-refractivity contribution in [1.82, 2.24) is 19.7 Å². The van der Waals surface area contributed by atoms with Crippen molar-refractivity contribution in [2.45, 2.75) is 24.1 Å². The largest absolute Gasteiger partial charge is 0.331 e. The van der Waals surface area contributed by atoms with E-state index >= 15 is 0 Å². The molecule has 0 radical (unpaired) electrons. The second-order valence-electron chi connectivity index (χ2n) is 6.92. The molecule has 6 heteroatoms. The zero-order valence-electron chi connectivity index (χ0n) is 14.9. The van der Waals surface area contributed by atoms with Crippen LogP contribution in [0.5, 0.6) is 0 Å². The third-order valence-electron chi connectivity index (χ3n) is 5.33. The molecule has 1 saturated heterocycles. The number of fused-ring (bicyclic) bond motifs is 1. The van der Waals surface area contributed by atoms with Crippen molar-refractivity contribution in [1.29, 1.82) is 0 Å². The first-order valence-electron chi connectivity index (χ1n) is 9.32. The van der Waals surface area contributed by atoms with Gasteiger partial charge in [0.2, 0.25) is 5.82 Å². The molecule has 2 atom stereocenters. The van der Waals surface area contributed by atoms with Crippen LogP contribution in [-0.4, -0.2) is 49.2 Å². The summed E-state index contributed by atoms with van der Waals surface area (Å²) in [5.74, 6) is 1.94. The lowest BCUT2D eigenvalue weighted by Gasteiger charge is -2.47. The monoisotopic (exact) mass is 376 g/mol. The van der Waals surface area contributed by atoms with Crippen LogP contribution >= 0.6 is 11.8 Å². The topological polar surface area (TPSA) is 51.0 Å². The minimum Gasteiger partial charge on any atom is -0.331 e. The van der Waals surface area contributed by atoms with Crippen molar-refractivity contribution in [2.75, 3.05) is 12.3 Å². The molecule has 2 fully saturated rings. The fourth-order valence-corrected chi connectivity index (χ4v) is 5.19. The van der Waals surface area contributed by atoms with Crippen molar-refractivity contribution in [3.63, 3.8) is 0 Å². The predicted molar refractivity (Wildman–Crippen MR) is 107 cm³/mol. The lowest BCUT2D eigenvalue weighted by atomic mass is 9.90. The van der Waals surface area contributed by atoms with Crippen LogP contribution in [0.1, 0.15) is 23.5 Å². The quantitative estimate of drug-likeness (QED) is 0.700. The Morgan fingerprint density at radius 2 is 1.74 bits per heavy atom. The number of carbonyl (C=O) groups is 1. The van der Waals surface area contributed by atoms with Crippen molar-refractivity contribution in [2.24, 2.45) is 0 Å². The number of hydrogen-bond donors (Lipinski definition) is 0. The van der Waals surface area contributed by atoms with Gasteiger partial charge in [-0.25, -0.2) is 9.67 Å². The SMILES string of the molecule is O=C(c1nc(-c2ccccc2)n(-c2ccccc2)n1)N1CCSC2CCC21. The Morgan fingerprint density at radius 1 is 1.00 bits per heavy atom. The molecule has 1 aliphatic carbocycles. The highest BCUT2D eigenvalue weighted by Crippen LogP contribution is 2.39. The van der Waals surface area contributed by atoms with Gasteiger partial charge in [-0.3, -0.25) is 4.79 Å². The molecular formula is C21H20N4OS. The van der Waals surface area contributed by atoms with Gasteiger partial charge in [0.1, 0.15) is 0 Å². The summed E-state index contributed by atoms with van der Waals surface area (Å²) in [7, 11) is 0. The molecule has 2 heterocycles. The van der Waals surface area contributed by atoms with E-state index in [-0.39, 0.29) is 11.7 Å². The van der Waals surface area contributed by atoms with E-state index < -0.39 is 0 Å². The van der Waals surface area contributed by atoms with Crippen molar-refractivity contribution in [3.8, 4) is 17.1 Å². The van der Waals surface area contributed by atoms with E-state index in [9.17, 15) is 4.79 Å². The zero-order chi connectivity index (χ0) is 18.2. The van der Waals surface area contributed by atoms with Crippen LogP contribution in [0, 0.1) is 0 Å². The van der Waals surface area contributed by atoms with E-state index in [2.05, 4.69) is 10.1 Å². The van der Waals surface area contributed by atoms with E-state index in [4.69, 9.17) is 0 Å². The average Bonchev–Trinajstić information content (AvgIpc) is 3.15. The Labute approximate surface area is 162 Å². The van der Waals surface area contributed by atoms with Gasteiger partial charge in [0.15, 0.2) is 5.82 Å². The molecule has 5 nitrogen and oxygen atoms in total. The van der Waals surface area contributed by atoms with E-state index in [0.717, 1.165) is 30.0 Å². The van der Waals surface area contributed by atoms with E-state index in [1.54, 1.807) is 4.68 Å². The van der Waals surface area contributed by atoms with Crippen LogP contribution in [0.25, 0.3) is 17.1 Å². The maximum Gasteiger partial charge on any atom is 0.293 e. The van der Waals surface area contributed by atoms with Crippen molar-refractivity contribution < 1.29 is 4.79 Å². The molecule has 5 rings (SSSR count). The summed E-state index contributed by atoms with van der Waals surface area (Å²) >= 11 is 1.99. The van der Waals surface area contributed by atoms with Gasteiger partial charge >= 0.3 is 0 Å². The number of thioether (sulfide) groups is 1. The molecular weight excluding hydrogens is 356 g/mol. The molecule has 1 aliphatic heterocycles. The van der Waals surface area contributed by atoms with Gasteiger partial charge in [-0.2, -0.15) is 11.8 Å². The summed E-state index contributed by atoms with van der Waals surface area (Å²) in [6, 6.07) is 20.1. The third kappa shape index (κ3) is 2.94. The number of aromatic nitrogens is 3. The van der Waals surface area contributed by atoms with Gasteiger partial charge in [-0.1, -0.05) is 48.5 Å². The first-order valence-corrected chi connectivity index (χ1v) is 10.4. The number of hydrogen-bond acceptors (Lipinski definition) is 4. The second kappa shape index (κ2) is 6.85. The molecule has 27 heavy (non-hydrogen) atoms. The molecule has 2 aliphatic rings. The Bertz CT molecular complexity index is 900. The molecule has 1 aromatic heterocycles. The minimum absolute atomic E-state index is 0.0446. The fraction of sp³-hybridized carbons (Fsp3) is 0.286. The fourth-order valence-electron chi connectivity index (χ4n) is 3.78. The predicted octanol–water partition coefficient (Wildman–Crippen LogP) is 3.65. The van der Waals surface area contributed by atoms with Crippen LogP contribution in [0.3, 0.4) is 0 Å². The van der Waals surface area contributed by atoms with Crippen LogP contribution in [0.2, 0.25) is 0 Å². The molecule has 2 aromatic carbocycles. The molecule has 1 saturated carbocycles. The molecule has 2 unspecified atom stereocenters. The van der Waals surface area contributed by atoms with Crippen LogP contribution in [-0.2, 0) is 0 Å². The number of para-hydroxylation sites is 1. The minimum atomic E-state index is -0.0446. The molecule has 1 amide bonds. The molecule has 0 spiro atoms. The number of carbonyl (C=O) groups excluding carboxylic acids is 1. The normalized spacial score (nSPS) is 21.4. The van der Waals surface area contributed by atoms with Gasteiger partial charge in [-0.05, 0) is 25.0 Å². The number of rotatable bonds is 3. The maximum atomic E-state index is 13.2. The van der Waals surface area contributed by atoms with E-state index in [1.807, 2.05) is 77.3 Å². The van der Waals surface area contributed by atoms with Crippen molar-refractivity contribution in [3.05, 3.63) is 66.5 Å². The highest BCUT2D eigenvalue weighted by Gasteiger charge is 2.42. The maximum absolute atomic E-state index is 13.2. The Hall–Kier alpha value is -2.60. The highest BCUT2D eigenvalue weighted by atomic mass is 32.2. The lowest BCUT2D eigenvalue weighted by Crippen LogP contribution is -2.55. The zero-order valence-corrected chi connectivity index (χ0v) is 15.7. The lowest BCUT2D eigenvalue weighted by molar-refractivity contribution is 0.0583. The second-order valence-corrected chi connectivity index (χ2v) is 8.27. The molecule has 0 N–H and O–H groups in total. The van der Waals surface area contributed by atoms with Gasteiger partial charge in [0.25, 0.3) is 5.91 Å². The Morgan fingerprint density at radius 3 is 2.44 bits per heavy atom.